The van der Waals surface area contributed by atoms with E-state index in [1.54, 1.807) is 46.4 Å². The van der Waals surface area contributed by atoms with Crippen molar-refractivity contribution in [2.45, 2.75) is 97.4 Å². The van der Waals surface area contributed by atoms with Gasteiger partial charge in [0, 0.05) is 19.0 Å². The molecule has 1 atom stereocenters. The molecule has 2 amide bonds. The molecule has 0 aliphatic heterocycles. The average molecular weight is 399 g/mol. The molecule has 0 spiro atoms. The number of hydrogen-bond donors (Lipinski definition) is 1. The number of ketones is 1. The summed E-state index contributed by atoms with van der Waals surface area (Å²) in [4.78, 5) is 50.5. The van der Waals surface area contributed by atoms with E-state index in [1.165, 1.54) is 6.92 Å². The number of alkyl carbamates (subject to hydrolysis) is 1. The third-order valence-electron chi connectivity index (χ3n) is 3.76. The highest BCUT2D eigenvalue weighted by Crippen LogP contribution is 2.28. The maximum atomic E-state index is 13.1. The third-order valence-corrected chi connectivity index (χ3v) is 3.76. The molecular weight excluding hydrogens is 364 g/mol. The fraction of sp³-hybridized carbons (Fsp3) is 0.800. The lowest BCUT2D eigenvalue weighted by Gasteiger charge is -2.29. The molecule has 1 aliphatic rings. The topological polar surface area (TPSA) is 102 Å². The van der Waals surface area contributed by atoms with Crippen LogP contribution in [0.4, 0.5) is 4.79 Å². The number of carbonyl (C=O) groups is 4. The Morgan fingerprint density at radius 2 is 1.54 bits per heavy atom. The van der Waals surface area contributed by atoms with Crippen molar-refractivity contribution in [2.24, 2.45) is 0 Å². The molecule has 1 saturated carbocycles. The molecule has 0 heterocycles. The quantitative estimate of drug-likeness (QED) is 0.631. The van der Waals surface area contributed by atoms with Crippen LogP contribution in [0, 0.1) is 0 Å². The summed E-state index contributed by atoms with van der Waals surface area (Å²) in [5.74, 6) is -1.02. The predicted octanol–water partition coefficient (Wildman–Crippen LogP) is 2.58. The number of rotatable bonds is 8. The molecular formula is C20H34N2O6. The van der Waals surface area contributed by atoms with Gasteiger partial charge in [-0.25, -0.2) is 4.79 Å². The zero-order valence-corrected chi connectivity index (χ0v) is 18.1. The van der Waals surface area contributed by atoms with Crippen molar-refractivity contribution >= 4 is 23.8 Å². The van der Waals surface area contributed by atoms with Crippen LogP contribution in [0.25, 0.3) is 0 Å². The van der Waals surface area contributed by atoms with Crippen LogP contribution < -0.4 is 5.32 Å². The number of esters is 1. The normalized spacial score (nSPS) is 15.4. The first-order chi connectivity index (χ1) is 12.7. The van der Waals surface area contributed by atoms with Crippen LogP contribution >= 0.6 is 0 Å². The van der Waals surface area contributed by atoms with E-state index in [0.717, 1.165) is 12.8 Å². The first-order valence-electron chi connectivity index (χ1n) is 9.69. The molecule has 0 aromatic rings. The van der Waals surface area contributed by atoms with Gasteiger partial charge < -0.3 is 19.7 Å². The van der Waals surface area contributed by atoms with Crippen molar-refractivity contribution in [3.05, 3.63) is 0 Å². The molecule has 0 aromatic carbocycles. The van der Waals surface area contributed by atoms with E-state index >= 15 is 0 Å². The number of ether oxygens (including phenoxy) is 2. The van der Waals surface area contributed by atoms with Gasteiger partial charge in [-0.3, -0.25) is 14.4 Å². The molecule has 0 bridgehead atoms. The number of hydrogen-bond acceptors (Lipinski definition) is 6. The lowest BCUT2D eigenvalue weighted by Crippen LogP contribution is -2.52. The fourth-order valence-electron chi connectivity index (χ4n) is 2.54. The minimum atomic E-state index is -1.11. The molecule has 1 aliphatic carbocycles. The average Bonchev–Trinajstić information content (AvgIpc) is 3.26. The third kappa shape index (κ3) is 9.71. The van der Waals surface area contributed by atoms with E-state index in [0.29, 0.717) is 0 Å². The largest absolute Gasteiger partial charge is 0.460 e. The fourth-order valence-corrected chi connectivity index (χ4v) is 2.54. The smallest absolute Gasteiger partial charge is 0.408 e. The molecule has 0 unspecified atom stereocenters. The van der Waals surface area contributed by atoms with Crippen molar-refractivity contribution in [2.75, 3.05) is 6.54 Å². The van der Waals surface area contributed by atoms with Crippen LogP contribution in [0.5, 0.6) is 0 Å². The molecule has 160 valence electrons. The van der Waals surface area contributed by atoms with E-state index in [2.05, 4.69) is 5.32 Å². The van der Waals surface area contributed by atoms with Gasteiger partial charge in [0.2, 0.25) is 5.91 Å². The first-order valence-corrected chi connectivity index (χ1v) is 9.69. The monoisotopic (exact) mass is 398 g/mol. The van der Waals surface area contributed by atoms with Crippen LogP contribution in [0.1, 0.15) is 74.1 Å². The van der Waals surface area contributed by atoms with Crippen molar-refractivity contribution in [1.29, 1.82) is 0 Å². The number of nitrogens with zero attached hydrogens (tertiary/aromatic N) is 1. The van der Waals surface area contributed by atoms with E-state index in [1.807, 2.05) is 0 Å². The lowest BCUT2D eigenvalue weighted by molar-refractivity contribution is -0.157. The Kier molecular flexibility index (Phi) is 8.02. The number of Topliss-reactive ketones (excluding diaryl/α,β-unsaturated/α-hetero) is 1. The maximum Gasteiger partial charge on any atom is 0.408 e. The second-order valence-electron chi connectivity index (χ2n) is 9.20. The summed E-state index contributed by atoms with van der Waals surface area (Å²) in [5, 5.41) is 2.50. The molecule has 0 radical (unpaired) electrons. The van der Waals surface area contributed by atoms with Crippen molar-refractivity contribution in [3.8, 4) is 0 Å². The minimum absolute atomic E-state index is 0.0257. The molecule has 1 rings (SSSR count). The van der Waals surface area contributed by atoms with Gasteiger partial charge in [0.25, 0.3) is 0 Å². The standard InChI is InChI=1S/C20H34N2O6/c1-13(23)10-11-22(14-8-9-14)17(25)15(12-16(24)27-19(2,3)4)21-18(26)28-20(5,6)7/h14-15H,8-12H2,1-7H3,(H,21,26)/t15-/m0/s1. The molecule has 0 saturated heterocycles. The van der Waals surface area contributed by atoms with Gasteiger partial charge >= 0.3 is 12.1 Å². The first kappa shape index (κ1) is 23.9. The van der Waals surface area contributed by atoms with Crippen LogP contribution in [0.3, 0.4) is 0 Å². The zero-order chi connectivity index (χ0) is 21.7. The summed E-state index contributed by atoms with van der Waals surface area (Å²) < 4.78 is 10.5. The summed E-state index contributed by atoms with van der Waals surface area (Å²) in [6.07, 6.45) is 0.827. The van der Waals surface area contributed by atoms with Crippen LogP contribution in [-0.4, -0.2) is 58.5 Å². The second-order valence-corrected chi connectivity index (χ2v) is 9.20. The Morgan fingerprint density at radius 1 is 1.00 bits per heavy atom. The highest BCUT2D eigenvalue weighted by Gasteiger charge is 2.38. The number of amides is 2. The summed E-state index contributed by atoms with van der Waals surface area (Å²) in [6.45, 7) is 12.0. The van der Waals surface area contributed by atoms with Gasteiger partial charge in [-0.05, 0) is 61.3 Å². The molecule has 1 N–H and O–H groups in total. The van der Waals surface area contributed by atoms with Crippen LogP contribution in [0.15, 0.2) is 0 Å². The Bertz CT molecular complexity index is 569. The predicted molar refractivity (Wildman–Crippen MR) is 104 cm³/mol. The summed E-state index contributed by atoms with van der Waals surface area (Å²) in [7, 11) is 0. The SMILES string of the molecule is CC(=O)CCN(C(=O)[C@H](CC(=O)OC(C)(C)C)NC(=O)OC(C)(C)C)C1CC1. The number of carbonyl (C=O) groups excluding carboxylic acids is 4. The Balaban J connectivity index is 2.92. The zero-order valence-electron chi connectivity index (χ0n) is 18.1. The Hall–Kier alpha value is -2.12. The van der Waals surface area contributed by atoms with E-state index in [4.69, 9.17) is 9.47 Å². The van der Waals surface area contributed by atoms with E-state index in [9.17, 15) is 19.2 Å². The van der Waals surface area contributed by atoms with Crippen LogP contribution in [0.2, 0.25) is 0 Å². The van der Waals surface area contributed by atoms with Crippen molar-refractivity contribution in [3.63, 3.8) is 0 Å². The van der Waals surface area contributed by atoms with E-state index < -0.39 is 35.2 Å². The van der Waals surface area contributed by atoms with Crippen molar-refractivity contribution in [1.82, 2.24) is 10.2 Å². The highest BCUT2D eigenvalue weighted by atomic mass is 16.6. The Morgan fingerprint density at radius 3 is 1.96 bits per heavy atom. The summed E-state index contributed by atoms with van der Waals surface area (Å²) in [6, 6.07) is -1.08. The molecule has 1 fully saturated rings. The number of nitrogens with one attached hydrogen (secondary N) is 1. The van der Waals surface area contributed by atoms with Crippen molar-refractivity contribution < 1.29 is 28.7 Å². The van der Waals surface area contributed by atoms with Gasteiger partial charge in [-0.1, -0.05) is 0 Å². The van der Waals surface area contributed by atoms with Gasteiger partial charge in [0.15, 0.2) is 0 Å². The summed E-state index contributed by atoms with van der Waals surface area (Å²) >= 11 is 0. The molecule has 28 heavy (non-hydrogen) atoms. The minimum Gasteiger partial charge on any atom is -0.460 e. The van der Waals surface area contributed by atoms with Crippen LogP contribution in [-0.2, 0) is 23.9 Å². The second kappa shape index (κ2) is 9.39. The molecule has 8 heteroatoms. The maximum absolute atomic E-state index is 13.1. The Labute approximate surface area is 167 Å². The van der Waals surface area contributed by atoms with Gasteiger partial charge in [0.05, 0.1) is 6.42 Å². The van der Waals surface area contributed by atoms with Gasteiger partial charge in [0.1, 0.15) is 23.0 Å². The van der Waals surface area contributed by atoms with Gasteiger partial charge in [-0.2, -0.15) is 0 Å². The molecule has 0 aromatic heterocycles. The summed E-state index contributed by atoms with van der Waals surface area (Å²) in [5.41, 5.74) is -1.45. The highest BCUT2D eigenvalue weighted by molar-refractivity contribution is 5.90. The van der Waals surface area contributed by atoms with E-state index in [-0.39, 0.29) is 31.2 Å². The molecule has 8 nitrogen and oxygen atoms in total. The lowest BCUT2D eigenvalue weighted by atomic mass is 10.1. The van der Waals surface area contributed by atoms with Gasteiger partial charge in [-0.15, -0.1) is 0 Å².